The van der Waals surface area contributed by atoms with E-state index in [1.54, 1.807) is 11.3 Å². The van der Waals surface area contributed by atoms with Gasteiger partial charge in [-0.15, -0.1) is 11.3 Å². The molecule has 0 saturated heterocycles. The maximum atomic E-state index is 5.19. The number of thiophene rings is 1. The summed E-state index contributed by atoms with van der Waals surface area (Å²) in [6, 6.07) is 27.8. The van der Waals surface area contributed by atoms with E-state index >= 15 is 0 Å². The van der Waals surface area contributed by atoms with Crippen LogP contribution in [0.25, 0.3) is 49.1 Å². The molecule has 0 aliphatic heterocycles. The third-order valence-corrected chi connectivity index (χ3v) is 7.56. The van der Waals surface area contributed by atoms with Crippen molar-refractivity contribution in [2.75, 3.05) is 0 Å². The summed E-state index contributed by atoms with van der Waals surface area (Å²) in [5, 5.41) is 5.88. The van der Waals surface area contributed by atoms with Gasteiger partial charge in [-0.3, -0.25) is 4.57 Å². The first kappa shape index (κ1) is 19.4. The SMILES string of the molecule is C1=CCC(c2cc(-c3ccccc3)nc(-n3c4ccccc4c4ccc5ccsc5c43)n2)C=C1. The molecule has 7 rings (SSSR count). The number of hydrogen-bond donors (Lipinski definition) is 0. The minimum atomic E-state index is 0.240. The van der Waals surface area contributed by atoms with Crippen molar-refractivity contribution < 1.29 is 0 Å². The lowest BCUT2D eigenvalue weighted by atomic mass is 9.96. The van der Waals surface area contributed by atoms with Crippen LogP contribution in [0, 0.1) is 0 Å². The second-order valence-electron chi connectivity index (χ2n) is 8.65. The zero-order valence-electron chi connectivity index (χ0n) is 18.4. The van der Waals surface area contributed by atoms with Crippen molar-refractivity contribution >= 4 is 43.2 Å². The molecule has 3 heterocycles. The Hall–Kier alpha value is -4.02. The highest BCUT2D eigenvalue weighted by molar-refractivity contribution is 7.18. The summed E-state index contributed by atoms with van der Waals surface area (Å²) in [6.45, 7) is 0. The lowest BCUT2D eigenvalue weighted by molar-refractivity contribution is 0.797. The van der Waals surface area contributed by atoms with Gasteiger partial charge in [0.15, 0.2) is 0 Å². The van der Waals surface area contributed by atoms with Gasteiger partial charge in [0.2, 0.25) is 5.95 Å². The largest absolute Gasteiger partial charge is 0.276 e. The van der Waals surface area contributed by atoms with E-state index in [4.69, 9.17) is 9.97 Å². The molecule has 1 unspecified atom stereocenters. The summed E-state index contributed by atoms with van der Waals surface area (Å²) in [7, 11) is 0. The molecule has 0 radical (unpaired) electrons. The summed E-state index contributed by atoms with van der Waals surface area (Å²) in [5.74, 6) is 0.968. The molecule has 0 spiro atoms. The molecule has 3 aromatic heterocycles. The minimum absolute atomic E-state index is 0.240. The smallest absolute Gasteiger partial charge is 0.235 e. The van der Waals surface area contributed by atoms with Gasteiger partial charge in [-0.2, -0.15) is 0 Å². The van der Waals surface area contributed by atoms with Crippen LogP contribution in [-0.2, 0) is 0 Å². The third kappa shape index (κ3) is 3.03. The maximum absolute atomic E-state index is 5.19. The van der Waals surface area contributed by atoms with Gasteiger partial charge < -0.3 is 0 Å². The van der Waals surface area contributed by atoms with Gasteiger partial charge >= 0.3 is 0 Å². The van der Waals surface area contributed by atoms with E-state index in [0.29, 0.717) is 0 Å². The summed E-state index contributed by atoms with van der Waals surface area (Å²) < 4.78 is 3.53. The molecule has 4 heteroatoms. The Balaban J connectivity index is 1.58. The van der Waals surface area contributed by atoms with Crippen molar-refractivity contribution in [3.8, 4) is 17.2 Å². The fourth-order valence-electron chi connectivity index (χ4n) is 4.98. The van der Waals surface area contributed by atoms with Crippen LogP contribution < -0.4 is 0 Å². The minimum Gasteiger partial charge on any atom is -0.276 e. The zero-order chi connectivity index (χ0) is 22.5. The van der Waals surface area contributed by atoms with Crippen LogP contribution in [0.1, 0.15) is 18.0 Å². The first-order chi connectivity index (χ1) is 16.9. The standard InChI is InChI=1S/C30H21N3S/c1-3-9-20(10-4-1)25-19-26(21-11-5-2-6-12-21)32-30(31-25)33-27-14-8-7-13-23(27)24-16-15-22-17-18-34-29(22)28(24)33/h1-11,13-19,21H,12H2. The van der Waals surface area contributed by atoms with Crippen LogP contribution in [0.2, 0.25) is 0 Å². The summed E-state index contributed by atoms with van der Waals surface area (Å²) in [4.78, 5) is 10.3. The van der Waals surface area contributed by atoms with Gasteiger partial charge in [-0.1, -0.05) is 85.0 Å². The van der Waals surface area contributed by atoms with Gasteiger partial charge in [-0.05, 0) is 35.4 Å². The predicted molar refractivity (Wildman–Crippen MR) is 143 cm³/mol. The number of hydrogen-bond acceptors (Lipinski definition) is 3. The van der Waals surface area contributed by atoms with Crippen molar-refractivity contribution in [3.05, 3.63) is 114 Å². The molecule has 0 bridgehead atoms. The zero-order valence-corrected chi connectivity index (χ0v) is 19.2. The highest BCUT2D eigenvalue weighted by atomic mass is 32.1. The molecule has 6 aromatic rings. The summed E-state index contributed by atoms with van der Waals surface area (Å²) >= 11 is 1.78. The number of para-hydroxylation sites is 1. The number of allylic oxidation sites excluding steroid dienone is 4. The van der Waals surface area contributed by atoms with Gasteiger partial charge in [-0.25, -0.2) is 9.97 Å². The second kappa shape index (κ2) is 7.79. The molecule has 3 aromatic carbocycles. The molecule has 1 aliphatic carbocycles. The Morgan fingerprint density at radius 1 is 0.824 bits per heavy atom. The highest BCUT2D eigenvalue weighted by Crippen LogP contribution is 2.38. The number of fused-ring (bicyclic) bond motifs is 5. The van der Waals surface area contributed by atoms with Crippen LogP contribution in [0.4, 0.5) is 0 Å². The molecular weight excluding hydrogens is 434 g/mol. The van der Waals surface area contributed by atoms with Gasteiger partial charge in [0.25, 0.3) is 0 Å². The van der Waals surface area contributed by atoms with E-state index in [-0.39, 0.29) is 5.92 Å². The summed E-state index contributed by atoms with van der Waals surface area (Å²) in [5.41, 5.74) is 5.42. The number of benzene rings is 3. The lowest BCUT2D eigenvalue weighted by Crippen LogP contribution is -2.08. The first-order valence-corrected chi connectivity index (χ1v) is 12.4. The van der Waals surface area contributed by atoms with Crippen LogP contribution >= 0.6 is 11.3 Å². The predicted octanol–water partition coefficient (Wildman–Crippen LogP) is 8.06. The average Bonchev–Trinajstić information content (AvgIpc) is 3.52. The van der Waals surface area contributed by atoms with Crippen LogP contribution in [0.3, 0.4) is 0 Å². The topological polar surface area (TPSA) is 30.7 Å². The number of aromatic nitrogens is 3. The third-order valence-electron chi connectivity index (χ3n) is 6.62. The van der Waals surface area contributed by atoms with Crippen LogP contribution in [-0.4, -0.2) is 14.5 Å². The van der Waals surface area contributed by atoms with Gasteiger partial charge in [0.1, 0.15) is 0 Å². The van der Waals surface area contributed by atoms with Crippen molar-refractivity contribution in [2.45, 2.75) is 12.3 Å². The molecule has 34 heavy (non-hydrogen) atoms. The Bertz CT molecular complexity index is 1740. The van der Waals surface area contributed by atoms with E-state index in [1.165, 1.54) is 26.4 Å². The molecule has 0 fully saturated rings. The van der Waals surface area contributed by atoms with Crippen molar-refractivity contribution in [2.24, 2.45) is 0 Å². The quantitative estimate of drug-likeness (QED) is 0.270. The lowest BCUT2D eigenvalue weighted by Gasteiger charge is -2.16. The van der Waals surface area contributed by atoms with Gasteiger partial charge in [0.05, 0.1) is 27.1 Å². The molecule has 1 atom stereocenters. The molecule has 1 aliphatic rings. The van der Waals surface area contributed by atoms with E-state index < -0.39 is 0 Å². The Morgan fingerprint density at radius 3 is 2.59 bits per heavy atom. The molecule has 0 saturated carbocycles. The number of nitrogens with zero attached hydrogens (tertiary/aromatic N) is 3. The van der Waals surface area contributed by atoms with E-state index in [1.807, 2.05) is 6.07 Å². The Kier molecular flexibility index (Phi) is 4.45. The highest BCUT2D eigenvalue weighted by Gasteiger charge is 2.20. The van der Waals surface area contributed by atoms with Gasteiger partial charge in [0, 0.05) is 22.3 Å². The van der Waals surface area contributed by atoms with Crippen LogP contribution in [0.5, 0.6) is 0 Å². The normalized spacial score (nSPS) is 15.6. The molecule has 3 nitrogen and oxygen atoms in total. The monoisotopic (exact) mass is 455 g/mol. The van der Waals surface area contributed by atoms with Crippen molar-refractivity contribution in [1.29, 1.82) is 0 Å². The number of rotatable bonds is 3. The van der Waals surface area contributed by atoms with E-state index in [0.717, 1.165) is 34.8 Å². The van der Waals surface area contributed by atoms with Crippen LogP contribution in [0.15, 0.2) is 109 Å². The maximum Gasteiger partial charge on any atom is 0.235 e. The Labute approximate surface area is 201 Å². The fraction of sp³-hybridized carbons (Fsp3) is 0.0667. The second-order valence-corrected chi connectivity index (χ2v) is 9.57. The first-order valence-electron chi connectivity index (χ1n) is 11.5. The van der Waals surface area contributed by atoms with E-state index in [9.17, 15) is 0 Å². The van der Waals surface area contributed by atoms with Crippen molar-refractivity contribution in [1.82, 2.24) is 14.5 Å². The molecule has 0 amide bonds. The van der Waals surface area contributed by atoms with Crippen molar-refractivity contribution in [3.63, 3.8) is 0 Å². The average molecular weight is 456 g/mol. The fourth-order valence-corrected chi connectivity index (χ4v) is 5.92. The molecule has 0 N–H and O–H groups in total. The molecule has 162 valence electrons. The Morgan fingerprint density at radius 2 is 1.71 bits per heavy atom. The van der Waals surface area contributed by atoms with E-state index in [2.05, 4.69) is 107 Å². The molecular formula is C30H21N3S. The summed E-state index contributed by atoms with van der Waals surface area (Å²) in [6.07, 6.45) is 9.63.